The highest BCUT2D eigenvalue weighted by Gasteiger charge is 2.36. The third-order valence-corrected chi connectivity index (χ3v) is 7.61. The van der Waals surface area contributed by atoms with Gasteiger partial charge < -0.3 is 9.84 Å². The van der Waals surface area contributed by atoms with Gasteiger partial charge in [0.2, 0.25) is 0 Å². The highest BCUT2D eigenvalue weighted by Crippen LogP contribution is 2.51. The molecule has 0 heterocycles. The minimum atomic E-state index is -0.799. The molecule has 0 amide bonds. The first kappa shape index (κ1) is 27.6. The van der Waals surface area contributed by atoms with Gasteiger partial charge in [-0.1, -0.05) is 88.1 Å². The van der Waals surface area contributed by atoms with Crippen LogP contribution in [-0.2, 0) is 17.8 Å². The maximum absolute atomic E-state index is 12.0. The Balaban J connectivity index is 0.00000105. The first-order valence-corrected chi connectivity index (χ1v) is 13.9. The van der Waals surface area contributed by atoms with Gasteiger partial charge in [0.05, 0.1) is 0 Å². The van der Waals surface area contributed by atoms with E-state index in [9.17, 15) is 9.59 Å². The van der Waals surface area contributed by atoms with E-state index in [1.54, 1.807) is 6.92 Å². The molecule has 0 saturated heterocycles. The number of carboxylic acid groups (broad SMARTS) is 1. The van der Waals surface area contributed by atoms with Gasteiger partial charge in [0, 0.05) is 12.0 Å². The topological polar surface area (TPSA) is 63.6 Å². The van der Waals surface area contributed by atoms with E-state index >= 15 is 0 Å². The van der Waals surface area contributed by atoms with Gasteiger partial charge in [0.1, 0.15) is 12.4 Å². The summed E-state index contributed by atoms with van der Waals surface area (Å²) in [6, 6.07) is 22.2. The summed E-state index contributed by atoms with van der Waals surface area (Å²) in [7, 11) is 0. The Labute approximate surface area is 227 Å². The lowest BCUT2D eigenvalue weighted by Crippen LogP contribution is -2.16. The average molecular weight is 513 g/mol. The molecule has 2 saturated carbocycles. The van der Waals surface area contributed by atoms with Gasteiger partial charge in [0.15, 0.2) is 5.78 Å². The molecule has 4 heteroatoms. The molecule has 0 bridgehead atoms. The molecule has 2 aliphatic rings. The van der Waals surface area contributed by atoms with Gasteiger partial charge in [0.25, 0.3) is 0 Å². The smallest absolute Gasteiger partial charge is 0.303 e. The Morgan fingerprint density at radius 3 is 2.34 bits per heavy atom. The Kier molecular flexibility index (Phi) is 9.04. The molecule has 1 atom stereocenters. The van der Waals surface area contributed by atoms with Crippen molar-refractivity contribution in [3.63, 3.8) is 0 Å². The van der Waals surface area contributed by atoms with Crippen molar-refractivity contribution in [2.75, 3.05) is 0 Å². The SMILES string of the molecule is C1CC1.CC(=O)c1cccc(-c2ccc(COc3cccc(CCC(=O)O)c3)cc2C2CCCC2(C)C)c1. The highest BCUT2D eigenvalue weighted by atomic mass is 16.5. The summed E-state index contributed by atoms with van der Waals surface area (Å²) in [5.74, 6) is 0.462. The molecule has 0 aliphatic heterocycles. The van der Waals surface area contributed by atoms with Gasteiger partial charge in [-0.2, -0.15) is 0 Å². The zero-order chi connectivity index (χ0) is 27.1. The van der Waals surface area contributed by atoms with E-state index in [0.29, 0.717) is 18.9 Å². The molecule has 1 unspecified atom stereocenters. The van der Waals surface area contributed by atoms with Gasteiger partial charge in [-0.25, -0.2) is 0 Å². The Morgan fingerprint density at radius 2 is 1.68 bits per heavy atom. The van der Waals surface area contributed by atoms with Crippen LogP contribution in [-0.4, -0.2) is 16.9 Å². The molecule has 38 heavy (non-hydrogen) atoms. The van der Waals surface area contributed by atoms with E-state index in [0.717, 1.165) is 34.4 Å². The van der Waals surface area contributed by atoms with Crippen molar-refractivity contribution in [3.8, 4) is 16.9 Å². The number of hydrogen-bond acceptors (Lipinski definition) is 3. The fourth-order valence-electron chi connectivity index (χ4n) is 5.27. The number of rotatable bonds is 9. The molecule has 2 aliphatic carbocycles. The summed E-state index contributed by atoms with van der Waals surface area (Å²) in [5.41, 5.74) is 6.59. The first-order chi connectivity index (χ1) is 18.2. The van der Waals surface area contributed by atoms with Crippen molar-refractivity contribution in [2.45, 2.75) is 84.7 Å². The van der Waals surface area contributed by atoms with E-state index in [1.807, 2.05) is 42.5 Å². The largest absolute Gasteiger partial charge is 0.489 e. The van der Waals surface area contributed by atoms with Crippen LogP contribution in [0.1, 0.15) is 98.7 Å². The lowest BCUT2D eigenvalue weighted by atomic mass is 9.75. The quantitative estimate of drug-likeness (QED) is 0.292. The van der Waals surface area contributed by atoms with Crippen LogP contribution in [0.5, 0.6) is 5.75 Å². The molecule has 5 rings (SSSR count). The molecule has 0 spiro atoms. The van der Waals surface area contributed by atoms with Crippen LogP contribution in [0.25, 0.3) is 11.1 Å². The van der Waals surface area contributed by atoms with Crippen LogP contribution >= 0.6 is 0 Å². The Bertz CT molecular complexity index is 1270. The molecule has 4 nitrogen and oxygen atoms in total. The number of ether oxygens (including phenoxy) is 1. The summed E-state index contributed by atoms with van der Waals surface area (Å²) >= 11 is 0. The zero-order valence-corrected chi connectivity index (χ0v) is 23.0. The summed E-state index contributed by atoms with van der Waals surface area (Å²) in [6.45, 7) is 6.76. The van der Waals surface area contributed by atoms with Crippen LogP contribution in [0.3, 0.4) is 0 Å². The molecule has 0 aromatic heterocycles. The number of carbonyl (C=O) groups excluding carboxylic acids is 1. The lowest BCUT2D eigenvalue weighted by Gasteiger charge is -2.30. The molecule has 3 aromatic rings. The second-order valence-electron chi connectivity index (χ2n) is 11.4. The van der Waals surface area contributed by atoms with E-state index in [4.69, 9.17) is 9.84 Å². The normalized spacial score (nSPS) is 17.3. The second-order valence-corrected chi connectivity index (χ2v) is 11.4. The Hall–Kier alpha value is -3.40. The molecule has 200 valence electrons. The van der Waals surface area contributed by atoms with Gasteiger partial charge >= 0.3 is 5.97 Å². The first-order valence-electron chi connectivity index (χ1n) is 13.9. The van der Waals surface area contributed by atoms with Crippen molar-refractivity contribution in [1.82, 2.24) is 0 Å². The molecular weight excluding hydrogens is 472 g/mol. The summed E-state index contributed by atoms with van der Waals surface area (Å²) in [4.78, 5) is 22.9. The molecular formula is C34H40O4. The van der Waals surface area contributed by atoms with Crippen LogP contribution in [0.2, 0.25) is 0 Å². The average Bonchev–Trinajstić information content (AvgIpc) is 3.75. The van der Waals surface area contributed by atoms with E-state index in [-0.39, 0.29) is 17.6 Å². The van der Waals surface area contributed by atoms with E-state index < -0.39 is 5.97 Å². The number of hydrogen-bond donors (Lipinski definition) is 1. The van der Waals surface area contributed by atoms with E-state index in [2.05, 4.69) is 38.1 Å². The van der Waals surface area contributed by atoms with Crippen LogP contribution in [0.15, 0.2) is 66.7 Å². The van der Waals surface area contributed by atoms with Crippen LogP contribution < -0.4 is 4.74 Å². The monoisotopic (exact) mass is 512 g/mol. The van der Waals surface area contributed by atoms with Crippen molar-refractivity contribution in [1.29, 1.82) is 0 Å². The predicted molar refractivity (Wildman–Crippen MR) is 153 cm³/mol. The summed E-state index contributed by atoms with van der Waals surface area (Å²) in [5, 5.41) is 8.95. The third kappa shape index (κ3) is 7.56. The number of ketones is 1. The summed E-state index contributed by atoms with van der Waals surface area (Å²) in [6.07, 6.45) is 8.67. The highest BCUT2D eigenvalue weighted by molar-refractivity contribution is 5.95. The molecule has 1 N–H and O–H groups in total. The Morgan fingerprint density at radius 1 is 0.921 bits per heavy atom. The fraction of sp³-hybridized carbons (Fsp3) is 0.412. The molecule has 3 aromatic carbocycles. The minimum Gasteiger partial charge on any atom is -0.489 e. The number of carbonyl (C=O) groups is 2. The van der Waals surface area contributed by atoms with Crippen molar-refractivity contribution < 1.29 is 19.4 Å². The van der Waals surface area contributed by atoms with Crippen LogP contribution in [0, 0.1) is 5.41 Å². The van der Waals surface area contributed by atoms with Gasteiger partial charge in [-0.3, -0.25) is 9.59 Å². The number of aryl methyl sites for hydroxylation is 1. The second kappa shape index (κ2) is 12.4. The van der Waals surface area contributed by atoms with Gasteiger partial charge in [-0.05, 0) is 83.5 Å². The van der Waals surface area contributed by atoms with Gasteiger partial charge in [-0.15, -0.1) is 0 Å². The van der Waals surface area contributed by atoms with Crippen molar-refractivity contribution in [2.24, 2.45) is 5.41 Å². The zero-order valence-electron chi connectivity index (χ0n) is 23.0. The van der Waals surface area contributed by atoms with Crippen LogP contribution in [0.4, 0.5) is 0 Å². The lowest BCUT2D eigenvalue weighted by molar-refractivity contribution is -0.136. The number of Topliss-reactive ketones (excluding diaryl/α,β-unsaturated/α-hetero) is 1. The molecule has 0 radical (unpaired) electrons. The summed E-state index contributed by atoms with van der Waals surface area (Å²) < 4.78 is 6.11. The number of aliphatic carboxylic acids is 1. The maximum Gasteiger partial charge on any atom is 0.303 e. The molecule has 2 fully saturated rings. The minimum absolute atomic E-state index is 0.0743. The maximum atomic E-state index is 12.0. The third-order valence-electron chi connectivity index (χ3n) is 7.61. The standard InChI is InChI=1S/C31H34O4.C3H6/c1-21(32)24-8-5-9-25(19-24)27-14-12-23(18-28(27)29-11-6-16-31(29,2)3)20-35-26-10-4-7-22(17-26)13-15-30(33)34;1-2-3-1/h4-5,7-10,12,14,17-19,29H,6,11,13,15-16,20H2,1-3H3,(H,33,34);1-3H2. The predicted octanol–water partition coefficient (Wildman–Crippen LogP) is 8.62. The van der Waals surface area contributed by atoms with Crippen molar-refractivity contribution in [3.05, 3.63) is 89.0 Å². The number of carboxylic acids is 1. The van der Waals surface area contributed by atoms with E-state index in [1.165, 1.54) is 43.2 Å². The van der Waals surface area contributed by atoms with Crippen molar-refractivity contribution >= 4 is 11.8 Å². The number of benzene rings is 3. The fourth-order valence-corrected chi connectivity index (χ4v) is 5.27.